The number of hydrogen-bond acceptors (Lipinski definition) is 5. The monoisotopic (exact) mass is 327 g/mol. The average molecular weight is 327 g/mol. The molecule has 1 aliphatic rings. The molecule has 0 aliphatic carbocycles. The van der Waals surface area contributed by atoms with Crippen molar-refractivity contribution < 1.29 is 19.1 Å². The van der Waals surface area contributed by atoms with E-state index < -0.39 is 17.4 Å². The maximum absolute atomic E-state index is 12.7. The molecular weight excluding hydrogens is 310 g/mol. The molecule has 2 aromatic rings. The van der Waals surface area contributed by atoms with Crippen LogP contribution in [0.4, 0.5) is 11.5 Å². The Morgan fingerprint density at radius 3 is 2.92 bits per heavy atom. The zero-order valence-electron chi connectivity index (χ0n) is 13.3. The molecule has 1 aromatic carbocycles. The quantitative estimate of drug-likeness (QED) is 0.840. The highest BCUT2D eigenvalue weighted by Crippen LogP contribution is 2.33. The molecule has 1 unspecified atom stereocenters. The molecule has 0 fully saturated rings. The lowest BCUT2D eigenvalue weighted by molar-refractivity contribution is -0.143. The lowest BCUT2D eigenvalue weighted by Gasteiger charge is -2.32. The largest absolute Gasteiger partial charge is 0.492 e. The summed E-state index contributed by atoms with van der Waals surface area (Å²) >= 11 is 0. The molecule has 1 aliphatic heterocycles. The summed E-state index contributed by atoms with van der Waals surface area (Å²) in [5.74, 6) is -0.0210. The third kappa shape index (κ3) is 2.76. The van der Waals surface area contributed by atoms with Crippen molar-refractivity contribution in [1.29, 1.82) is 0 Å². The van der Waals surface area contributed by atoms with Crippen molar-refractivity contribution in [2.24, 2.45) is 0 Å². The lowest BCUT2D eigenvalue weighted by Crippen LogP contribution is -2.56. The summed E-state index contributed by atoms with van der Waals surface area (Å²) in [5.41, 5.74) is -1.24. The molecule has 2 amide bonds. The van der Waals surface area contributed by atoms with E-state index >= 15 is 0 Å². The Labute approximate surface area is 139 Å². The molecule has 3 rings (SSSR count). The number of fused-ring (bicyclic) bond motifs is 1. The van der Waals surface area contributed by atoms with Crippen LogP contribution >= 0.6 is 0 Å². The standard InChI is InChI=1S/C17H17N3O4/c1-3-23-12-8-5-4-7-11(12)19-15(21)17(2)16(22)20-14-13(24-17)9-6-10-18-14/h4-10H,3H2,1-2H3,(H,19,21)(H,18,20,22). The molecule has 0 spiro atoms. The number of rotatable bonds is 4. The maximum Gasteiger partial charge on any atom is 0.279 e. The van der Waals surface area contributed by atoms with Gasteiger partial charge in [-0.05, 0) is 38.1 Å². The smallest absolute Gasteiger partial charge is 0.279 e. The van der Waals surface area contributed by atoms with Crippen molar-refractivity contribution in [3.05, 3.63) is 42.6 Å². The predicted octanol–water partition coefficient (Wildman–Crippen LogP) is 2.21. The molecule has 0 radical (unpaired) electrons. The normalized spacial score (nSPS) is 18.8. The van der Waals surface area contributed by atoms with Crippen LogP contribution in [0, 0.1) is 0 Å². The topological polar surface area (TPSA) is 89.6 Å². The second-order valence-electron chi connectivity index (χ2n) is 5.32. The zero-order valence-corrected chi connectivity index (χ0v) is 13.3. The first-order chi connectivity index (χ1) is 11.5. The van der Waals surface area contributed by atoms with Gasteiger partial charge in [-0.15, -0.1) is 0 Å². The van der Waals surface area contributed by atoms with Gasteiger partial charge in [0.25, 0.3) is 17.4 Å². The summed E-state index contributed by atoms with van der Waals surface area (Å²) in [6.45, 7) is 3.72. The van der Waals surface area contributed by atoms with Crippen molar-refractivity contribution in [3.8, 4) is 11.5 Å². The summed E-state index contributed by atoms with van der Waals surface area (Å²) in [7, 11) is 0. The number of carbonyl (C=O) groups excluding carboxylic acids is 2. The molecular formula is C17H17N3O4. The Bertz CT molecular complexity index is 793. The molecule has 2 N–H and O–H groups in total. The minimum Gasteiger partial charge on any atom is -0.492 e. The molecule has 1 aromatic heterocycles. The van der Waals surface area contributed by atoms with E-state index in [4.69, 9.17) is 9.47 Å². The van der Waals surface area contributed by atoms with Crippen molar-refractivity contribution in [2.45, 2.75) is 19.4 Å². The van der Waals surface area contributed by atoms with Crippen LogP contribution in [0.1, 0.15) is 13.8 Å². The number of pyridine rings is 1. The van der Waals surface area contributed by atoms with Gasteiger partial charge in [0, 0.05) is 6.20 Å². The van der Waals surface area contributed by atoms with Gasteiger partial charge in [-0.2, -0.15) is 0 Å². The first-order valence-electron chi connectivity index (χ1n) is 7.53. The Morgan fingerprint density at radius 2 is 2.12 bits per heavy atom. The number of anilines is 2. The van der Waals surface area contributed by atoms with E-state index in [1.807, 2.05) is 6.92 Å². The van der Waals surface area contributed by atoms with E-state index in [0.29, 0.717) is 29.6 Å². The highest BCUT2D eigenvalue weighted by molar-refractivity contribution is 6.18. The summed E-state index contributed by atoms with van der Waals surface area (Å²) < 4.78 is 11.1. The second-order valence-corrected chi connectivity index (χ2v) is 5.32. The zero-order chi connectivity index (χ0) is 17.2. The molecule has 7 nitrogen and oxygen atoms in total. The number of benzene rings is 1. The minimum atomic E-state index is -1.71. The molecule has 7 heteroatoms. The van der Waals surface area contributed by atoms with Crippen LogP contribution in [0.25, 0.3) is 0 Å². The van der Waals surface area contributed by atoms with Crippen LogP contribution in [0.3, 0.4) is 0 Å². The summed E-state index contributed by atoms with van der Waals surface area (Å²) in [5, 5.41) is 5.29. The Morgan fingerprint density at radius 1 is 1.33 bits per heavy atom. The van der Waals surface area contributed by atoms with Crippen molar-refractivity contribution in [1.82, 2.24) is 4.98 Å². The van der Waals surface area contributed by atoms with Gasteiger partial charge in [0.15, 0.2) is 11.6 Å². The van der Waals surface area contributed by atoms with E-state index in [1.54, 1.807) is 36.4 Å². The average Bonchev–Trinajstić information content (AvgIpc) is 2.58. The third-order valence-electron chi connectivity index (χ3n) is 3.62. The number of carbonyl (C=O) groups is 2. The lowest BCUT2D eigenvalue weighted by atomic mass is 10.0. The van der Waals surface area contributed by atoms with Crippen molar-refractivity contribution in [3.63, 3.8) is 0 Å². The van der Waals surface area contributed by atoms with Gasteiger partial charge in [0.2, 0.25) is 0 Å². The SMILES string of the molecule is CCOc1ccccc1NC(=O)C1(C)Oc2cccnc2NC1=O. The van der Waals surface area contributed by atoms with Crippen LogP contribution in [0.5, 0.6) is 11.5 Å². The number of nitrogens with one attached hydrogen (secondary N) is 2. The van der Waals surface area contributed by atoms with Gasteiger partial charge >= 0.3 is 0 Å². The third-order valence-corrected chi connectivity index (χ3v) is 3.62. The fraction of sp³-hybridized carbons (Fsp3) is 0.235. The Hall–Kier alpha value is -3.09. The van der Waals surface area contributed by atoms with Crippen LogP contribution in [0.15, 0.2) is 42.6 Å². The molecule has 1 atom stereocenters. The Balaban J connectivity index is 1.86. The van der Waals surface area contributed by atoms with Gasteiger partial charge in [0.05, 0.1) is 12.3 Å². The second kappa shape index (κ2) is 6.19. The molecule has 0 saturated carbocycles. The molecule has 124 valence electrons. The number of ether oxygens (including phenoxy) is 2. The molecule has 0 bridgehead atoms. The highest BCUT2D eigenvalue weighted by Gasteiger charge is 2.47. The number of nitrogens with zero attached hydrogens (tertiary/aromatic N) is 1. The van der Waals surface area contributed by atoms with Gasteiger partial charge < -0.3 is 20.1 Å². The number of para-hydroxylation sites is 2. The first kappa shape index (κ1) is 15.8. The maximum atomic E-state index is 12.7. The fourth-order valence-corrected chi connectivity index (χ4v) is 2.30. The number of amides is 2. The van der Waals surface area contributed by atoms with E-state index in [0.717, 1.165) is 0 Å². The van der Waals surface area contributed by atoms with Crippen LogP contribution in [-0.2, 0) is 9.59 Å². The number of hydrogen-bond donors (Lipinski definition) is 2. The first-order valence-corrected chi connectivity index (χ1v) is 7.53. The number of aromatic nitrogens is 1. The van der Waals surface area contributed by atoms with Crippen LogP contribution in [-0.4, -0.2) is 29.0 Å². The van der Waals surface area contributed by atoms with E-state index in [2.05, 4.69) is 15.6 Å². The highest BCUT2D eigenvalue weighted by atomic mass is 16.5. The van der Waals surface area contributed by atoms with Gasteiger partial charge in [0.1, 0.15) is 5.75 Å². The predicted molar refractivity (Wildman–Crippen MR) is 88.1 cm³/mol. The van der Waals surface area contributed by atoms with Crippen molar-refractivity contribution >= 4 is 23.3 Å². The van der Waals surface area contributed by atoms with Gasteiger partial charge in [-0.25, -0.2) is 4.98 Å². The van der Waals surface area contributed by atoms with Crippen LogP contribution < -0.4 is 20.1 Å². The summed E-state index contributed by atoms with van der Waals surface area (Å²) in [6, 6.07) is 10.3. The Kier molecular flexibility index (Phi) is 4.07. The van der Waals surface area contributed by atoms with Gasteiger partial charge in [-0.1, -0.05) is 12.1 Å². The molecule has 24 heavy (non-hydrogen) atoms. The fourth-order valence-electron chi connectivity index (χ4n) is 2.30. The molecule has 0 saturated heterocycles. The van der Waals surface area contributed by atoms with Gasteiger partial charge in [-0.3, -0.25) is 9.59 Å². The van der Waals surface area contributed by atoms with Crippen LogP contribution in [0.2, 0.25) is 0 Å². The van der Waals surface area contributed by atoms with Crippen molar-refractivity contribution in [2.75, 3.05) is 17.2 Å². The van der Waals surface area contributed by atoms with E-state index in [-0.39, 0.29) is 0 Å². The summed E-state index contributed by atoms with van der Waals surface area (Å²) in [4.78, 5) is 29.1. The van der Waals surface area contributed by atoms with E-state index in [9.17, 15) is 9.59 Å². The minimum absolute atomic E-state index is 0.294. The van der Waals surface area contributed by atoms with E-state index in [1.165, 1.54) is 13.1 Å². The summed E-state index contributed by atoms with van der Waals surface area (Å²) in [6.07, 6.45) is 1.53. The molecule has 2 heterocycles.